The average Bonchev–Trinajstić information content (AvgIpc) is 2.97. The van der Waals surface area contributed by atoms with Gasteiger partial charge in [-0.1, -0.05) is 96.5 Å². The zero-order valence-corrected chi connectivity index (χ0v) is 26.2. The molecule has 0 fully saturated rings. The van der Waals surface area contributed by atoms with Crippen molar-refractivity contribution < 1.29 is 14.6 Å². The first-order chi connectivity index (χ1) is 20.0. The summed E-state index contributed by atoms with van der Waals surface area (Å²) in [4.78, 5) is 14.3. The Hall–Kier alpha value is -2.73. The first-order valence-corrected chi connectivity index (χ1v) is 16.3. The Kier molecular flexibility index (Phi) is 17.7. The van der Waals surface area contributed by atoms with E-state index in [1.54, 1.807) is 6.07 Å². The summed E-state index contributed by atoms with van der Waals surface area (Å²) in [5, 5.41) is 12.7. The van der Waals surface area contributed by atoms with Crippen molar-refractivity contribution in [3.8, 4) is 5.75 Å². The van der Waals surface area contributed by atoms with Crippen molar-refractivity contribution in [1.29, 1.82) is 0 Å². The number of aliphatic hydroxyl groups is 1. The highest BCUT2D eigenvalue weighted by Crippen LogP contribution is 2.25. The molecule has 0 atom stereocenters. The maximum Gasteiger partial charge on any atom is 0.249 e. The molecule has 41 heavy (non-hydrogen) atoms. The molecule has 4 N–H and O–H groups in total. The predicted octanol–water partition coefficient (Wildman–Crippen LogP) is 8.38. The second-order valence-electron chi connectivity index (χ2n) is 11.3. The number of ether oxygens (including phenoxy) is 1. The molecule has 1 amide bonds. The van der Waals surface area contributed by atoms with Crippen molar-refractivity contribution in [2.24, 2.45) is 5.73 Å². The monoisotopic (exact) mass is 567 g/mol. The van der Waals surface area contributed by atoms with E-state index in [1.165, 1.54) is 83.5 Å². The van der Waals surface area contributed by atoms with Gasteiger partial charge < -0.3 is 25.8 Å². The van der Waals surface area contributed by atoms with Crippen molar-refractivity contribution in [2.75, 3.05) is 36.5 Å². The topological polar surface area (TPSA) is 87.8 Å². The number of carbonyl (C=O) groups is 1. The maximum absolute atomic E-state index is 12.2. The fraction of sp³-hybridized carbons (Fsp3) is 0.629. The largest absolute Gasteiger partial charge is 0.494 e. The van der Waals surface area contributed by atoms with Gasteiger partial charge in [-0.25, -0.2) is 0 Å². The quantitative estimate of drug-likeness (QED) is 0.111. The SMILES string of the molecule is CCCCCCCCCCCCCCCCOc1ccc(CNc2ccc(N(CC)CCO)cc2C)c(C(N)=O)c1. The number of hydrogen-bond acceptors (Lipinski definition) is 5. The lowest BCUT2D eigenvalue weighted by molar-refractivity contribution is 0.0999. The van der Waals surface area contributed by atoms with Gasteiger partial charge in [-0.15, -0.1) is 0 Å². The summed E-state index contributed by atoms with van der Waals surface area (Å²) in [6.07, 6.45) is 18.7. The van der Waals surface area contributed by atoms with Crippen LogP contribution in [0.15, 0.2) is 36.4 Å². The van der Waals surface area contributed by atoms with Crippen LogP contribution in [0, 0.1) is 6.92 Å². The molecule has 2 aromatic carbocycles. The number of benzene rings is 2. The lowest BCUT2D eigenvalue weighted by atomic mass is 10.0. The van der Waals surface area contributed by atoms with Crippen LogP contribution in [0.2, 0.25) is 0 Å². The normalized spacial score (nSPS) is 11.0. The first-order valence-electron chi connectivity index (χ1n) is 16.3. The van der Waals surface area contributed by atoms with Crippen molar-refractivity contribution in [1.82, 2.24) is 0 Å². The van der Waals surface area contributed by atoms with Crippen LogP contribution >= 0.6 is 0 Å². The molecule has 0 aliphatic carbocycles. The van der Waals surface area contributed by atoms with E-state index in [-0.39, 0.29) is 6.61 Å². The number of nitrogens with zero attached hydrogens (tertiary/aromatic N) is 1. The minimum Gasteiger partial charge on any atom is -0.494 e. The molecule has 0 saturated heterocycles. The van der Waals surface area contributed by atoms with E-state index in [1.807, 2.05) is 18.2 Å². The third-order valence-electron chi connectivity index (χ3n) is 7.91. The van der Waals surface area contributed by atoms with E-state index in [0.29, 0.717) is 31.0 Å². The minimum atomic E-state index is -0.446. The molecule has 0 aliphatic heterocycles. The highest BCUT2D eigenvalue weighted by atomic mass is 16.5. The Labute approximate surface area is 250 Å². The van der Waals surface area contributed by atoms with Gasteiger partial charge in [-0.05, 0) is 61.7 Å². The molecule has 0 heterocycles. The Morgan fingerprint density at radius 3 is 2.00 bits per heavy atom. The van der Waals surface area contributed by atoms with Crippen molar-refractivity contribution in [3.63, 3.8) is 0 Å². The van der Waals surface area contributed by atoms with Crippen LogP contribution in [0.1, 0.15) is 125 Å². The third-order valence-corrected chi connectivity index (χ3v) is 7.91. The summed E-state index contributed by atoms with van der Waals surface area (Å²) >= 11 is 0. The molecule has 6 heteroatoms. The van der Waals surface area contributed by atoms with Crippen molar-refractivity contribution in [3.05, 3.63) is 53.1 Å². The smallest absolute Gasteiger partial charge is 0.249 e. The lowest BCUT2D eigenvalue weighted by Gasteiger charge is -2.23. The highest BCUT2D eigenvalue weighted by molar-refractivity contribution is 5.94. The van der Waals surface area contributed by atoms with Crippen LogP contribution < -0.4 is 20.7 Å². The molecule has 0 unspecified atom stereocenters. The van der Waals surface area contributed by atoms with Gasteiger partial charge in [-0.3, -0.25) is 4.79 Å². The number of amides is 1. The summed E-state index contributed by atoms with van der Waals surface area (Å²) in [7, 11) is 0. The summed E-state index contributed by atoms with van der Waals surface area (Å²) < 4.78 is 5.96. The van der Waals surface area contributed by atoms with Gasteiger partial charge in [0.25, 0.3) is 0 Å². The molecule has 0 radical (unpaired) electrons. The number of nitrogens with two attached hydrogens (primary N) is 1. The zero-order valence-electron chi connectivity index (χ0n) is 26.2. The molecule has 0 spiro atoms. The summed E-state index contributed by atoms with van der Waals surface area (Å²) in [5.41, 5.74) is 10.2. The second-order valence-corrected chi connectivity index (χ2v) is 11.3. The number of aryl methyl sites for hydroxylation is 1. The van der Waals surface area contributed by atoms with Crippen molar-refractivity contribution >= 4 is 17.3 Å². The molecule has 6 nitrogen and oxygen atoms in total. The summed E-state index contributed by atoms with van der Waals surface area (Å²) in [5.74, 6) is 0.250. The molecular weight excluding hydrogens is 510 g/mol. The van der Waals surface area contributed by atoms with Gasteiger partial charge in [0, 0.05) is 36.6 Å². The Morgan fingerprint density at radius 2 is 1.46 bits per heavy atom. The average molecular weight is 568 g/mol. The van der Waals surface area contributed by atoms with Crippen LogP contribution in [0.4, 0.5) is 11.4 Å². The van der Waals surface area contributed by atoms with Crippen LogP contribution in [0.25, 0.3) is 0 Å². The molecule has 2 aromatic rings. The van der Waals surface area contributed by atoms with Crippen LogP contribution in [0.5, 0.6) is 5.75 Å². The number of nitrogens with one attached hydrogen (secondary N) is 1. The van der Waals surface area contributed by atoms with Gasteiger partial charge in [0.05, 0.1) is 13.2 Å². The highest BCUT2D eigenvalue weighted by Gasteiger charge is 2.12. The van der Waals surface area contributed by atoms with E-state index in [0.717, 1.165) is 35.5 Å². The number of anilines is 2. The maximum atomic E-state index is 12.2. The Bertz CT molecular complexity index is 995. The van der Waals surface area contributed by atoms with Gasteiger partial charge >= 0.3 is 0 Å². The van der Waals surface area contributed by atoms with E-state index < -0.39 is 5.91 Å². The summed E-state index contributed by atoms with van der Waals surface area (Å²) in [6, 6.07) is 11.8. The number of primary amides is 1. The number of rotatable bonds is 24. The molecule has 230 valence electrons. The Balaban J connectivity index is 1.68. The van der Waals surface area contributed by atoms with Crippen molar-refractivity contribution in [2.45, 2.75) is 117 Å². The molecule has 2 rings (SSSR count). The predicted molar refractivity (Wildman–Crippen MR) is 174 cm³/mol. The number of hydrogen-bond donors (Lipinski definition) is 3. The number of unbranched alkanes of at least 4 members (excludes halogenated alkanes) is 13. The van der Waals surface area contributed by atoms with Crippen LogP contribution in [-0.2, 0) is 6.54 Å². The van der Waals surface area contributed by atoms with E-state index in [2.05, 4.69) is 43.1 Å². The number of aliphatic hydroxyl groups excluding tert-OH is 1. The lowest BCUT2D eigenvalue weighted by Crippen LogP contribution is -2.26. The molecule has 0 saturated carbocycles. The second kappa shape index (κ2) is 21.0. The molecule has 0 aromatic heterocycles. The number of carbonyl (C=O) groups excluding carboxylic acids is 1. The minimum absolute atomic E-state index is 0.127. The molecular formula is C35H57N3O3. The zero-order chi connectivity index (χ0) is 29.7. The van der Waals surface area contributed by atoms with Gasteiger partial charge in [0.1, 0.15) is 5.75 Å². The summed E-state index contributed by atoms with van der Waals surface area (Å²) in [6.45, 7) is 9.13. The number of likely N-dealkylation sites (N-methyl/N-ethyl adjacent to an activating group) is 1. The van der Waals surface area contributed by atoms with E-state index in [4.69, 9.17) is 10.5 Å². The Morgan fingerprint density at radius 1 is 0.854 bits per heavy atom. The van der Waals surface area contributed by atoms with E-state index >= 15 is 0 Å². The fourth-order valence-electron chi connectivity index (χ4n) is 5.34. The fourth-order valence-corrected chi connectivity index (χ4v) is 5.34. The van der Waals surface area contributed by atoms with Gasteiger partial charge in [0.15, 0.2) is 0 Å². The van der Waals surface area contributed by atoms with E-state index in [9.17, 15) is 9.90 Å². The van der Waals surface area contributed by atoms with Gasteiger partial charge in [0.2, 0.25) is 5.91 Å². The van der Waals surface area contributed by atoms with Crippen LogP contribution in [-0.4, -0.2) is 37.3 Å². The van der Waals surface area contributed by atoms with Gasteiger partial charge in [-0.2, -0.15) is 0 Å². The first kappa shape index (κ1) is 34.5. The molecule has 0 aliphatic rings. The third kappa shape index (κ3) is 13.7. The standard InChI is InChI=1S/C35H57N3O3/c1-4-6-7-8-9-10-11-12-13-14-15-16-17-18-25-41-32-21-19-30(33(27-32)35(36)40)28-37-34-22-20-31(26-29(34)3)38(5-2)23-24-39/h19-22,26-27,37,39H,4-18,23-25,28H2,1-3H3,(H2,36,40). The molecule has 0 bridgehead atoms. The van der Waals surface area contributed by atoms with Crippen LogP contribution in [0.3, 0.4) is 0 Å².